The molecule has 0 fully saturated rings. The van der Waals surface area contributed by atoms with Gasteiger partial charge in [0.2, 0.25) is 0 Å². The Labute approximate surface area is 92.3 Å². The van der Waals surface area contributed by atoms with E-state index in [2.05, 4.69) is 10.3 Å². The van der Waals surface area contributed by atoms with E-state index < -0.39 is 6.43 Å². The fourth-order valence-corrected chi connectivity index (χ4v) is 1.54. The molecule has 1 heterocycles. The Morgan fingerprint density at radius 1 is 1.19 bits per heavy atom. The molecule has 1 aromatic carbocycles. The van der Waals surface area contributed by atoms with Crippen LogP contribution in [0.25, 0.3) is 10.8 Å². The van der Waals surface area contributed by atoms with Crippen molar-refractivity contribution in [3.63, 3.8) is 0 Å². The van der Waals surface area contributed by atoms with Gasteiger partial charge in [0.1, 0.15) is 0 Å². The Balaban J connectivity index is 2.08. The molecule has 0 amide bonds. The second-order valence-electron chi connectivity index (χ2n) is 3.54. The van der Waals surface area contributed by atoms with E-state index in [0.29, 0.717) is 6.54 Å². The van der Waals surface area contributed by atoms with Crippen molar-refractivity contribution in [2.75, 3.05) is 6.54 Å². The number of aromatic nitrogens is 1. The molecule has 0 atom stereocenters. The molecule has 0 radical (unpaired) electrons. The van der Waals surface area contributed by atoms with Gasteiger partial charge in [-0.15, -0.1) is 0 Å². The smallest absolute Gasteiger partial charge is 0.250 e. The summed E-state index contributed by atoms with van der Waals surface area (Å²) in [6.45, 7) is 0.0731. The highest BCUT2D eigenvalue weighted by Crippen LogP contribution is 2.13. The summed E-state index contributed by atoms with van der Waals surface area (Å²) in [6, 6.07) is 9.75. The average molecular weight is 222 g/mol. The molecule has 84 valence electrons. The summed E-state index contributed by atoms with van der Waals surface area (Å²) in [4.78, 5) is 4.20. The van der Waals surface area contributed by atoms with Crippen molar-refractivity contribution >= 4 is 10.8 Å². The van der Waals surface area contributed by atoms with Gasteiger partial charge in [-0.3, -0.25) is 4.98 Å². The zero-order valence-corrected chi connectivity index (χ0v) is 8.66. The van der Waals surface area contributed by atoms with Crippen molar-refractivity contribution in [3.05, 3.63) is 42.2 Å². The number of fused-ring (bicyclic) bond motifs is 1. The van der Waals surface area contributed by atoms with Crippen LogP contribution in [0.15, 0.2) is 36.5 Å². The van der Waals surface area contributed by atoms with Crippen molar-refractivity contribution in [1.29, 1.82) is 0 Å². The molecule has 2 nitrogen and oxygen atoms in total. The fourth-order valence-electron chi connectivity index (χ4n) is 1.54. The van der Waals surface area contributed by atoms with Gasteiger partial charge in [-0.05, 0) is 11.5 Å². The van der Waals surface area contributed by atoms with Crippen LogP contribution >= 0.6 is 0 Å². The predicted octanol–water partition coefficient (Wildman–Crippen LogP) is 2.59. The molecule has 1 N–H and O–H groups in total. The molecule has 16 heavy (non-hydrogen) atoms. The Kier molecular flexibility index (Phi) is 3.41. The van der Waals surface area contributed by atoms with E-state index in [1.165, 1.54) is 0 Å². The summed E-state index contributed by atoms with van der Waals surface area (Å²) in [6.07, 6.45) is -0.560. The SMILES string of the molecule is FC(F)CNCc1cc2ccccc2cn1. The Hall–Kier alpha value is -1.55. The second-order valence-corrected chi connectivity index (χ2v) is 3.54. The third-order valence-corrected chi connectivity index (χ3v) is 2.29. The van der Waals surface area contributed by atoms with Crippen molar-refractivity contribution < 1.29 is 8.78 Å². The van der Waals surface area contributed by atoms with Crippen LogP contribution in [0.4, 0.5) is 8.78 Å². The van der Waals surface area contributed by atoms with Crippen LogP contribution in [-0.2, 0) is 6.54 Å². The molecule has 0 saturated carbocycles. The largest absolute Gasteiger partial charge is 0.306 e. The quantitative estimate of drug-likeness (QED) is 0.860. The molecule has 4 heteroatoms. The maximum Gasteiger partial charge on any atom is 0.250 e. The van der Waals surface area contributed by atoms with Gasteiger partial charge >= 0.3 is 0 Å². The van der Waals surface area contributed by atoms with Gasteiger partial charge in [-0.25, -0.2) is 8.78 Å². The summed E-state index contributed by atoms with van der Waals surface area (Å²) >= 11 is 0. The fraction of sp³-hybridized carbons (Fsp3) is 0.250. The Morgan fingerprint density at radius 3 is 2.69 bits per heavy atom. The first-order chi connectivity index (χ1) is 7.75. The van der Waals surface area contributed by atoms with E-state index in [1.807, 2.05) is 30.3 Å². The lowest BCUT2D eigenvalue weighted by Gasteiger charge is -2.04. The van der Waals surface area contributed by atoms with E-state index in [-0.39, 0.29) is 6.54 Å². The number of halogens is 2. The molecular weight excluding hydrogens is 210 g/mol. The predicted molar refractivity (Wildman–Crippen MR) is 59.5 cm³/mol. The van der Waals surface area contributed by atoms with Crippen LogP contribution < -0.4 is 5.32 Å². The van der Waals surface area contributed by atoms with E-state index in [0.717, 1.165) is 16.5 Å². The topological polar surface area (TPSA) is 24.9 Å². The minimum atomic E-state index is -2.32. The third kappa shape index (κ3) is 2.73. The number of hydrogen-bond acceptors (Lipinski definition) is 2. The maximum atomic E-state index is 11.9. The molecule has 0 spiro atoms. The summed E-state index contributed by atoms with van der Waals surface area (Å²) in [5.41, 5.74) is 0.777. The van der Waals surface area contributed by atoms with Gasteiger partial charge in [0.25, 0.3) is 6.43 Å². The number of benzene rings is 1. The average Bonchev–Trinajstić information content (AvgIpc) is 2.28. The summed E-state index contributed by atoms with van der Waals surface area (Å²) in [7, 11) is 0. The highest BCUT2D eigenvalue weighted by Gasteiger charge is 2.02. The Bertz CT molecular complexity index is 471. The van der Waals surface area contributed by atoms with E-state index in [1.54, 1.807) is 6.20 Å². The van der Waals surface area contributed by atoms with Crippen LogP contribution in [-0.4, -0.2) is 18.0 Å². The van der Waals surface area contributed by atoms with Crippen LogP contribution in [0.5, 0.6) is 0 Å². The van der Waals surface area contributed by atoms with Crippen LogP contribution in [0, 0.1) is 0 Å². The first kappa shape index (κ1) is 11.0. The number of rotatable bonds is 4. The van der Waals surface area contributed by atoms with E-state index in [9.17, 15) is 8.78 Å². The van der Waals surface area contributed by atoms with Crippen molar-refractivity contribution in [2.45, 2.75) is 13.0 Å². The molecule has 2 aromatic rings. The number of alkyl halides is 2. The van der Waals surface area contributed by atoms with Gasteiger partial charge in [-0.2, -0.15) is 0 Å². The minimum absolute atomic E-state index is 0.297. The molecular formula is C12H12F2N2. The monoisotopic (exact) mass is 222 g/mol. The molecule has 0 aliphatic carbocycles. The minimum Gasteiger partial charge on any atom is -0.306 e. The summed E-state index contributed by atoms with van der Waals surface area (Å²) < 4.78 is 23.8. The summed E-state index contributed by atoms with van der Waals surface area (Å²) in [5, 5.41) is 4.78. The van der Waals surface area contributed by atoms with Crippen LogP contribution in [0.3, 0.4) is 0 Å². The molecule has 0 bridgehead atoms. The third-order valence-electron chi connectivity index (χ3n) is 2.29. The normalized spacial score (nSPS) is 11.2. The molecule has 0 saturated heterocycles. The molecule has 0 aliphatic rings. The molecule has 0 aliphatic heterocycles. The highest BCUT2D eigenvalue weighted by atomic mass is 19.3. The van der Waals surface area contributed by atoms with E-state index in [4.69, 9.17) is 0 Å². The first-order valence-corrected chi connectivity index (χ1v) is 5.08. The zero-order valence-electron chi connectivity index (χ0n) is 8.66. The number of pyridine rings is 1. The first-order valence-electron chi connectivity index (χ1n) is 5.08. The number of hydrogen-bond donors (Lipinski definition) is 1. The number of nitrogens with one attached hydrogen (secondary N) is 1. The van der Waals surface area contributed by atoms with Crippen molar-refractivity contribution in [3.8, 4) is 0 Å². The van der Waals surface area contributed by atoms with Gasteiger partial charge in [-0.1, -0.05) is 24.3 Å². The standard InChI is InChI=1S/C12H12F2N2/c13-12(14)8-15-7-11-5-9-3-1-2-4-10(9)6-16-11/h1-6,12,15H,7-8H2. The maximum absolute atomic E-state index is 11.9. The van der Waals surface area contributed by atoms with Gasteiger partial charge in [0, 0.05) is 18.1 Å². The van der Waals surface area contributed by atoms with E-state index >= 15 is 0 Å². The molecule has 2 rings (SSSR count). The lowest BCUT2D eigenvalue weighted by Crippen LogP contribution is -2.21. The van der Waals surface area contributed by atoms with Crippen LogP contribution in [0.1, 0.15) is 5.69 Å². The molecule has 1 aromatic heterocycles. The summed E-state index contributed by atoms with van der Waals surface area (Å²) in [5.74, 6) is 0. The second kappa shape index (κ2) is 4.99. The van der Waals surface area contributed by atoms with Gasteiger partial charge in [0.15, 0.2) is 0 Å². The van der Waals surface area contributed by atoms with Crippen molar-refractivity contribution in [2.24, 2.45) is 0 Å². The van der Waals surface area contributed by atoms with Gasteiger partial charge in [0.05, 0.1) is 12.2 Å². The number of nitrogens with zero attached hydrogens (tertiary/aromatic N) is 1. The zero-order chi connectivity index (χ0) is 11.4. The van der Waals surface area contributed by atoms with Gasteiger partial charge < -0.3 is 5.32 Å². The highest BCUT2D eigenvalue weighted by molar-refractivity contribution is 5.81. The van der Waals surface area contributed by atoms with Crippen molar-refractivity contribution in [1.82, 2.24) is 10.3 Å². The van der Waals surface area contributed by atoms with Crippen LogP contribution in [0.2, 0.25) is 0 Å². The Morgan fingerprint density at radius 2 is 1.94 bits per heavy atom. The lowest BCUT2D eigenvalue weighted by atomic mass is 10.1. The lowest BCUT2D eigenvalue weighted by molar-refractivity contribution is 0.145. The molecule has 0 unspecified atom stereocenters.